The standard InChI is InChI=1S/C11H13BrN2O3/c1-6-3-14(4-8(6)10(13)15)11(16)7-2-9(12)17-5-7/h2,5-6,8H,3-4H2,1H3,(H2,13,15)/t6-,8-/m1/s1. The normalized spacial score (nSPS) is 24.0. The number of furan rings is 1. The highest BCUT2D eigenvalue weighted by molar-refractivity contribution is 9.10. The third-order valence-corrected chi connectivity index (χ3v) is 3.50. The first-order valence-electron chi connectivity index (χ1n) is 5.31. The number of nitrogens with two attached hydrogens (primary N) is 1. The number of hydrogen-bond donors (Lipinski definition) is 1. The Bertz CT molecular complexity index is 457. The summed E-state index contributed by atoms with van der Waals surface area (Å²) in [5.74, 6) is -0.627. The molecular formula is C11H13BrN2O3. The Morgan fingerprint density at radius 1 is 1.53 bits per heavy atom. The van der Waals surface area contributed by atoms with Gasteiger partial charge in [-0.1, -0.05) is 6.92 Å². The molecule has 0 spiro atoms. The Balaban J connectivity index is 2.10. The Morgan fingerprint density at radius 3 is 2.71 bits per heavy atom. The van der Waals surface area contributed by atoms with Crippen molar-refractivity contribution < 1.29 is 14.0 Å². The molecule has 1 fully saturated rings. The molecule has 0 aliphatic carbocycles. The van der Waals surface area contributed by atoms with Gasteiger partial charge in [0.1, 0.15) is 6.26 Å². The molecule has 92 valence electrons. The van der Waals surface area contributed by atoms with Crippen LogP contribution in [0.5, 0.6) is 0 Å². The minimum Gasteiger partial charge on any atom is -0.457 e. The zero-order valence-electron chi connectivity index (χ0n) is 9.35. The van der Waals surface area contributed by atoms with Gasteiger partial charge in [0.15, 0.2) is 4.67 Å². The first kappa shape index (κ1) is 12.2. The summed E-state index contributed by atoms with van der Waals surface area (Å²) >= 11 is 3.14. The maximum atomic E-state index is 12.1. The molecule has 6 heteroatoms. The maximum absolute atomic E-state index is 12.1. The monoisotopic (exact) mass is 300 g/mol. The van der Waals surface area contributed by atoms with E-state index in [-0.39, 0.29) is 23.7 Å². The van der Waals surface area contributed by atoms with E-state index in [1.165, 1.54) is 6.26 Å². The smallest absolute Gasteiger partial charge is 0.257 e. The first-order chi connectivity index (χ1) is 7.99. The molecule has 2 N–H and O–H groups in total. The largest absolute Gasteiger partial charge is 0.457 e. The van der Waals surface area contributed by atoms with Gasteiger partial charge in [-0.3, -0.25) is 9.59 Å². The quantitative estimate of drug-likeness (QED) is 0.892. The second-order valence-corrected chi connectivity index (χ2v) is 5.12. The molecule has 17 heavy (non-hydrogen) atoms. The lowest BCUT2D eigenvalue weighted by Crippen LogP contribution is -2.31. The van der Waals surface area contributed by atoms with Crippen LogP contribution in [0.25, 0.3) is 0 Å². The summed E-state index contributed by atoms with van der Waals surface area (Å²) in [5.41, 5.74) is 5.77. The topological polar surface area (TPSA) is 76.5 Å². The highest BCUT2D eigenvalue weighted by atomic mass is 79.9. The van der Waals surface area contributed by atoms with E-state index < -0.39 is 0 Å². The molecule has 0 bridgehead atoms. The van der Waals surface area contributed by atoms with Crippen LogP contribution < -0.4 is 5.73 Å². The second kappa shape index (κ2) is 4.52. The number of hydrogen-bond acceptors (Lipinski definition) is 3. The highest BCUT2D eigenvalue weighted by Gasteiger charge is 2.36. The maximum Gasteiger partial charge on any atom is 0.257 e. The van der Waals surface area contributed by atoms with Gasteiger partial charge in [-0.15, -0.1) is 0 Å². The molecule has 0 saturated carbocycles. The fraction of sp³-hybridized carbons (Fsp3) is 0.455. The number of halogens is 1. The third-order valence-electron chi connectivity index (χ3n) is 3.08. The van der Waals surface area contributed by atoms with Crippen LogP contribution in [0.3, 0.4) is 0 Å². The van der Waals surface area contributed by atoms with Crippen LogP contribution in [0.1, 0.15) is 17.3 Å². The predicted octanol–water partition coefficient (Wildman–Crippen LogP) is 1.24. The van der Waals surface area contributed by atoms with Crippen molar-refractivity contribution >= 4 is 27.7 Å². The minimum atomic E-state index is -0.346. The van der Waals surface area contributed by atoms with Crippen molar-refractivity contribution in [1.82, 2.24) is 4.90 Å². The van der Waals surface area contributed by atoms with E-state index in [1.54, 1.807) is 11.0 Å². The average Bonchev–Trinajstić information content (AvgIpc) is 2.83. The van der Waals surface area contributed by atoms with Crippen molar-refractivity contribution in [2.24, 2.45) is 17.6 Å². The lowest BCUT2D eigenvalue weighted by molar-refractivity contribution is -0.122. The Kier molecular flexibility index (Phi) is 3.24. The number of nitrogens with zero attached hydrogens (tertiary/aromatic N) is 1. The number of carbonyl (C=O) groups is 2. The van der Waals surface area contributed by atoms with Gasteiger partial charge >= 0.3 is 0 Å². The molecule has 2 atom stereocenters. The summed E-state index contributed by atoms with van der Waals surface area (Å²) in [6.07, 6.45) is 1.40. The average molecular weight is 301 g/mol. The van der Waals surface area contributed by atoms with Gasteiger partial charge in [0.2, 0.25) is 5.91 Å². The van der Waals surface area contributed by atoms with E-state index in [9.17, 15) is 9.59 Å². The van der Waals surface area contributed by atoms with E-state index in [0.717, 1.165) is 0 Å². The van der Waals surface area contributed by atoms with E-state index in [2.05, 4.69) is 15.9 Å². The number of likely N-dealkylation sites (tertiary alicyclic amines) is 1. The van der Waals surface area contributed by atoms with E-state index in [1.807, 2.05) is 6.92 Å². The summed E-state index contributed by atoms with van der Waals surface area (Å²) in [6, 6.07) is 1.62. The third kappa shape index (κ3) is 2.36. The molecule has 1 aromatic rings. The molecule has 0 aromatic carbocycles. The molecule has 1 aliphatic heterocycles. The Hall–Kier alpha value is -1.30. The predicted molar refractivity (Wildman–Crippen MR) is 64.2 cm³/mol. The van der Waals surface area contributed by atoms with E-state index in [4.69, 9.17) is 10.2 Å². The Morgan fingerprint density at radius 2 is 2.24 bits per heavy atom. The molecule has 1 saturated heterocycles. The summed E-state index contributed by atoms with van der Waals surface area (Å²) in [5, 5.41) is 0. The highest BCUT2D eigenvalue weighted by Crippen LogP contribution is 2.25. The van der Waals surface area contributed by atoms with Crippen molar-refractivity contribution in [1.29, 1.82) is 0 Å². The van der Waals surface area contributed by atoms with Crippen molar-refractivity contribution in [3.8, 4) is 0 Å². The fourth-order valence-corrected chi connectivity index (χ4v) is 2.45. The Labute approximate surface area is 107 Å². The van der Waals surface area contributed by atoms with Gasteiger partial charge in [-0.25, -0.2) is 0 Å². The molecule has 2 heterocycles. The molecule has 2 amide bonds. The van der Waals surface area contributed by atoms with E-state index in [0.29, 0.717) is 23.3 Å². The van der Waals surface area contributed by atoms with Crippen molar-refractivity contribution in [3.63, 3.8) is 0 Å². The number of primary amides is 1. The van der Waals surface area contributed by atoms with Gasteiger partial charge in [-0.05, 0) is 21.8 Å². The second-order valence-electron chi connectivity index (χ2n) is 4.34. The van der Waals surface area contributed by atoms with Crippen molar-refractivity contribution in [2.45, 2.75) is 6.92 Å². The molecule has 0 radical (unpaired) electrons. The summed E-state index contributed by atoms with van der Waals surface area (Å²) < 4.78 is 5.54. The van der Waals surface area contributed by atoms with Gasteiger partial charge < -0.3 is 15.1 Å². The van der Waals surface area contributed by atoms with Crippen LogP contribution in [0, 0.1) is 11.8 Å². The summed E-state index contributed by atoms with van der Waals surface area (Å²) in [7, 11) is 0. The van der Waals surface area contributed by atoms with Crippen LogP contribution >= 0.6 is 15.9 Å². The fourth-order valence-electron chi connectivity index (χ4n) is 2.11. The van der Waals surface area contributed by atoms with Crippen LogP contribution in [0.4, 0.5) is 0 Å². The van der Waals surface area contributed by atoms with Gasteiger partial charge in [0.05, 0.1) is 11.5 Å². The lowest BCUT2D eigenvalue weighted by Gasteiger charge is -2.14. The molecule has 2 rings (SSSR count). The van der Waals surface area contributed by atoms with Crippen LogP contribution in [0.15, 0.2) is 21.4 Å². The summed E-state index contributed by atoms with van der Waals surface area (Å²) in [6.45, 7) is 2.86. The van der Waals surface area contributed by atoms with Gasteiger partial charge in [0, 0.05) is 19.2 Å². The van der Waals surface area contributed by atoms with Crippen LogP contribution in [0.2, 0.25) is 0 Å². The van der Waals surface area contributed by atoms with Crippen LogP contribution in [-0.4, -0.2) is 29.8 Å². The minimum absolute atomic E-state index is 0.104. The molecular weight excluding hydrogens is 288 g/mol. The number of carbonyl (C=O) groups excluding carboxylic acids is 2. The number of rotatable bonds is 2. The van der Waals surface area contributed by atoms with E-state index >= 15 is 0 Å². The zero-order valence-corrected chi connectivity index (χ0v) is 10.9. The molecule has 0 unspecified atom stereocenters. The molecule has 1 aliphatic rings. The molecule has 1 aromatic heterocycles. The SMILES string of the molecule is C[C@@H]1CN(C(=O)c2coc(Br)c2)C[C@H]1C(N)=O. The van der Waals surface area contributed by atoms with Crippen molar-refractivity contribution in [2.75, 3.05) is 13.1 Å². The lowest BCUT2D eigenvalue weighted by atomic mass is 9.98. The summed E-state index contributed by atoms with van der Waals surface area (Å²) in [4.78, 5) is 24.9. The zero-order chi connectivity index (χ0) is 12.6. The molecule has 5 nitrogen and oxygen atoms in total. The first-order valence-corrected chi connectivity index (χ1v) is 6.11. The van der Waals surface area contributed by atoms with Gasteiger partial charge in [-0.2, -0.15) is 0 Å². The van der Waals surface area contributed by atoms with Gasteiger partial charge in [0.25, 0.3) is 5.91 Å². The number of amides is 2. The van der Waals surface area contributed by atoms with Crippen LogP contribution in [-0.2, 0) is 4.79 Å². The van der Waals surface area contributed by atoms with Crippen molar-refractivity contribution in [3.05, 3.63) is 22.6 Å².